The molecule has 0 atom stereocenters. The Labute approximate surface area is 156 Å². The van der Waals surface area contributed by atoms with Crippen LogP contribution in [0.1, 0.15) is 0 Å². The Kier molecular flexibility index (Phi) is 3.72. The van der Waals surface area contributed by atoms with Crippen molar-refractivity contribution in [2.45, 2.75) is 0 Å². The van der Waals surface area contributed by atoms with Crippen molar-refractivity contribution < 1.29 is 4.42 Å². The monoisotopic (exact) mass is 349 g/mol. The minimum atomic E-state index is 0.796. The molecule has 2 aromatic heterocycles. The number of rotatable bonds is 3. The zero-order chi connectivity index (χ0) is 18.1. The lowest BCUT2D eigenvalue weighted by Gasteiger charge is -2.08. The average Bonchev–Trinajstić information content (AvgIpc) is 3.29. The van der Waals surface area contributed by atoms with Gasteiger partial charge >= 0.3 is 0 Å². The van der Waals surface area contributed by atoms with E-state index in [4.69, 9.17) is 4.42 Å². The van der Waals surface area contributed by atoms with E-state index in [1.807, 2.05) is 36.4 Å². The molecule has 0 aliphatic rings. The average molecular weight is 349 g/mol. The van der Waals surface area contributed by atoms with Gasteiger partial charge in [-0.05, 0) is 23.3 Å². The summed E-state index contributed by atoms with van der Waals surface area (Å²) in [5.74, 6) is 0. The predicted octanol–water partition coefficient (Wildman–Crippen LogP) is 5.62. The van der Waals surface area contributed by atoms with Gasteiger partial charge in [-0.25, -0.2) is 15.0 Å². The Morgan fingerprint density at radius 1 is 0.630 bits per heavy atom. The third-order valence-corrected chi connectivity index (χ3v) is 4.63. The molecule has 4 nitrogen and oxygen atoms in total. The molecule has 0 fully saturated rings. The number of hydrogen-bond acceptors (Lipinski definition) is 4. The Hall–Kier alpha value is -3.79. The second-order valence-electron chi connectivity index (χ2n) is 6.27. The van der Waals surface area contributed by atoms with Gasteiger partial charge < -0.3 is 4.42 Å². The first-order valence-corrected chi connectivity index (χ1v) is 8.68. The van der Waals surface area contributed by atoms with Crippen molar-refractivity contribution in [3.63, 3.8) is 0 Å². The van der Waals surface area contributed by atoms with Gasteiger partial charge in [0.05, 0.1) is 11.2 Å². The third kappa shape index (κ3) is 2.87. The number of oxazole rings is 1. The van der Waals surface area contributed by atoms with Gasteiger partial charge in [0.25, 0.3) is 0 Å². The summed E-state index contributed by atoms with van der Waals surface area (Å²) < 4.78 is 5.08. The van der Waals surface area contributed by atoms with Crippen LogP contribution < -0.4 is 0 Å². The maximum Gasteiger partial charge on any atom is 0.181 e. The normalized spacial score (nSPS) is 11.0. The number of fused-ring (bicyclic) bond motifs is 1. The summed E-state index contributed by atoms with van der Waals surface area (Å²) in [6, 6.07) is 24.9. The first kappa shape index (κ1) is 15.5. The number of benzene rings is 3. The van der Waals surface area contributed by atoms with E-state index < -0.39 is 0 Å². The summed E-state index contributed by atoms with van der Waals surface area (Å²) in [6.45, 7) is 0. The van der Waals surface area contributed by atoms with Crippen LogP contribution in [0.4, 0.5) is 0 Å². The molecule has 0 N–H and O–H groups in total. The molecule has 0 unspecified atom stereocenters. The standard InChI is InChI=1S/C23H15N3O/c1-2-4-16(5-3-1)17-6-8-18(9-7-17)23-20-11-10-19(22-13-27-15-26-22)12-21(20)24-14-25-23/h1-15H. The maximum atomic E-state index is 5.08. The number of aromatic nitrogens is 3. The fourth-order valence-corrected chi connectivity index (χ4v) is 3.25. The molecule has 128 valence electrons. The Morgan fingerprint density at radius 3 is 2.15 bits per heavy atom. The molecule has 2 heterocycles. The topological polar surface area (TPSA) is 51.8 Å². The lowest BCUT2D eigenvalue weighted by Crippen LogP contribution is -1.90. The molecule has 0 radical (unpaired) electrons. The van der Waals surface area contributed by atoms with Gasteiger partial charge in [0, 0.05) is 16.5 Å². The molecular weight excluding hydrogens is 334 g/mol. The fourth-order valence-electron chi connectivity index (χ4n) is 3.25. The molecule has 5 rings (SSSR count). The van der Waals surface area contributed by atoms with Crippen molar-refractivity contribution in [2.75, 3.05) is 0 Å². The van der Waals surface area contributed by atoms with Crippen LogP contribution in [0.3, 0.4) is 0 Å². The van der Waals surface area contributed by atoms with Crippen LogP contribution in [0.5, 0.6) is 0 Å². The molecule has 0 spiro atoms. The minimum Gasteiger partial charge on any atom is -0.451 e. The SMILES string of the molecule is c1ccc(-c2ccc(-c3ncnc4cc(-c5cocn5)ccc34)cc2)cc1. The molecule has 0 aliphatic carbocycles. The summed E-state index contributed by atoms with van der Waals surface area (Å²) >= 11 is 0. The predicted molar refractivity (Wildman–Crippen MR) is 106 cm³/mol. The number of nitrogens with zero attached hydrogens (tertiary/aromatic N) is 3. The van der Waals surface area contributed by atoms with Crippen LogP contribution in [-0.2, 0) is 0 Å². The largest absolute Gasteiger partial charge is 0.451 e. The highest BCUT2D eigenvalue weighted by atomic mass is 16.3. The zero-order valence-corrected chi connectivity index (χ0v) is 14.4. The molecule has 0 bridgehead atoms. The van der Waals surface area contributed by atoms with Gasteiger partial charge in [-0.3, -0.25) is 0 Å². The zero-order valence-electron chi connectivity index (χ0n) is 14.4. The van der Waals surface area contributed by atoms with Gasteiger partial charge in [0.1, 0.15) is 18.3 Å². The molecule has 0 aliphatic heterocycles. The van der Waals surface area contributed by atoms with Crippen LogP contribution in [0.25, 0.3) is 44.5 Å². The minimum absolute atomic E-state index is 0.796. The van der Waals surface area contributed by atoms with E-state index >= 15 is 0 Å². The fraction of sp³-hybridized carbons (Fsp3) is 0. The molecule has 5 aromatic rings. The van der Waals surface area contributed by atoms with E-state index in [2.05, 4.69) is 51.4 Å². The van der Waals surface area contributed by atoms with Crippen molar-refractivity contribution in [3.8, 4) is 33.6 Å². The summed E-state index contributed by atoms with van der Waals surface area (Å²) in [5.41, 5.74) is 7.03. The van der Waals surface area contributed by atoms with Crippen molar-refractivity contribution in [1.82, 2.24) is 15.0 Å². The number of hydrogen-bond donors (Lipinski definition) is 0. The third-order valence-electron chi connectivity index (χ3n) is 4.63. The second-order valence-corrected chi connectivity index (χ2v) is 6.27. The van der Waals surface area contributed by atoms with Gasteiger partial charge in [0.2, 0.25) is 0 Å². The summed E-state index contributed by atoms with van der Waals surface area (Å²) in [7, 11) is 0. The smallest absolute Gasteiger partial charge is 0.181 e. The first-order chi connectivity index (χ1) is 13.4. The quantitative estimate of drug-likeness (QED) is 0.424. The molecule has 0 saturated heterocycles. The first-order valence-electron chi connectivity index (χ1n) is 8.68. The second kappa shape index (κ2) is 6.50. The lowest BCUT2D eigenvalue weighted by atomic mass is 10.0. The van der Waals surface area contributed by atoms with E-state index in [0.717, 1.165) is 33.4 Å². The molecule has 0 saturated carbocycles. The van der Waals surface area contributed by atoms with Crippen LogP contribution in [0.2, 0.25) is 0 Å². The van der Waals surface area contributed by atoms with E-state index in [0.29, 0.717) is 0 Å². The van der Waals surface area contributed by atoms with Gasteiger partial charge in [-0.1, -0.05) is 60.7 Å². The van der Waals surface area contributed by atoms with Gasteiger partial charge in [0.15, 0.2) is 6.39 Å². The van der Waals surface area contributed by atoms with Crippen LogP contribution >= 0.6 is 0 Å². The molecular formula is C23H15N3O. The summed E-state index contributed by atoms with van der Waals surface area (Å²) in [4.78, 5) is 13.2. The van der Waals surface area contributed by atoms with Gasteiger partial charge in [-0.15, -0.1) is 0 Å². The lowest BCUT2D eigenvalue weighted by molar-refractivity contribution is 0.558. The molecule has 0 amide bonds. The highest BCUT2D eigenvalue weighted by Gasteiger charge is 2.09. The van der Waals surface area contributed by atoms with Crippen molar-refractivity contribution >= 4 is 10.9 Å². The van der Waals surface area contributed by atoms with Crippen molar-refractivity contribution in [3.05, 3.63) is 91.8 Å². The van der Waals surface area contributed by atoms with E-state index in [9.17, 15) is 0 Å². The van der Waals surface area contributed by atoms with E-state index in [1.165, 1.54) is 17.5 Å². The Bertz CT molecular complexity index is 1200. The van der Waals surface area contributed by atoms with E-state index in [-0.39, 0.29) is 0 Å². The molecule has 27 heavy (non-hydrogen) atoms. The highest BCUT2D eigenvalue weighted by Crippen LogP contribution is 2.30. The Balaban J connectivity index is 1.57. The van der Waals surface area contributed by atoms with Crippen molar-refractivity contribution in [1.29, 1.82) is 0 Å². The van der Waals surface area contributed by atoms with Crippen LogP contribution in [-0.4, -0.2) is 15.0 Å². The molecule has 4 heteroatoms. The van der Waals surface area contributed by atoms with Crippen LogP contribution in [0.15, 0.2) is 96.2 Å². The maximum absolute atomic E-state index is 5.08. The summed E-state index contributed by atoms with van der Waals surface area (Å²) in [6.07, 6.45) is 4.67. The summed E-state index contributed by atoms with van der Waals surface area (Å²) in [5, 5.41) is 1.01. The Morgan fingerprint density at radius 2 is 1.37 bits per heavy atom. The highest BCUT2D eigenvalue weighted by molar-refractivity contribution is 5.94. The van der Waals surface area contributed by atoms with Crippen molar-refractivity contribution in [2.24, 2.45) is 0 Å². The van der Waals surface area contributed by atoms with E-state index in [1.54, 1.807) is 12.6 Å². The van der Waals surface area contributed by atoms with Crippen LogP contribution in [0, 0.1) is 0 Å². The molecule has 3 aromatic carbocycles. The van der Waals surface area contributed by atoms with Gasteiger partial charge in [-0.2, -0.15) is 0 Å².